The molecule has 3 aromatic heterocycles. The number of nitrogens with zero attached hydrogens (tertiary/aromatic N) is 2. The largest absolute Gasteiger partial charge is 0.288 e. The average molecular weight is 423 g/mol. The van der Waals surface area contributed by atoms with Gasteiger partial charge in [0.1, 0.15) is 10.2 Å². The van der Waals surface area contributed by atoms with Gasteiger partial charge in [-0.15, -0.1) is 22.7 Å². The lowest BCUT2D eigenvalue weighted by Gasteiger charge is -2.13. The number of benzene rings is 2. The summed E-state index contributed by atoms with van der Waals surface area (Å²) in [6.07, 6.45) is 0. The van der Waals surface area contributed by atoms with Crippen LogP contribution in [-0.4, -0.2) is 9.55 Å². The Morgan fingerprint density at radius 2 is 1.82 bits per heavy atom. The first-order chi connectivity index (χ1) is 13.6. The lowest BCUT2D eigenvalue weighted by atomic mass is 10.2. The Balaban J connectivity index is 1.99. The molecule has 0 N–H and O–H groups in total. The van der Waals surface area contributed by atoms with Gasteiger partial charge in [-0.2, -0.15) is 0 Å². The van der Waals surface area contributed by atoms with Crippen LogP contribution in [0.1, 0.15) is 0 Å². The van der Waals surface area contributed by atoms with Crippen LogP contribution in [-0.2, 0) is 0 Å². The van der Waals surface area contributed by atoms with Crippen molar-refractivity contribution in [2.24, 2.45) is 0 Å². The third-order valence-corrected chi connectivity index (χ3v) is 6.59. The third-order valence-electron chi connectivity index (χ3n) is 4.42. The number of fused-ring (bicyclic) bond motifs is 2. The van der Waals surface area contributed by atoms with Crippen LogP contribution in [0.3, 0.4) is 0 Å². The highest BCUT2D eigenvalue weighted by Gasteiger charge is 2.19. The highest BCUT2D eigenvalue weighted by Crippen LogP contribution is 2.29. The molecule has 0 aliphatic heterocycles. The molecule has 7 heteroatoms. The zero-order valence-electron chi connectivity index (χ0n) is 14.3. The SMILES string of the molecule is O=c1c2ccccc2sc2nc(-c3cccs3)n(-c3cccc(Cl)c3)c(=O)c12. The van der Waals surface area contributed by atoms with Gasteiger partial charge in [-0.05, 0) is 41.8 Å². The molecule has 4 nitrogen and oxygen atoms in total. The molecule has 0 bridgehead atoms. The van der Waals surface area contributed by atoms with Crippen LogP contribution < -0.4 is 11.0 Å². The van der Waals surface area contributed by atoms with Gasteiger partial charge in [-0.25, -0.2) is 4.98 Å². The molecule has 0 spiro atoms. The first-order valence-corrected chi connectivity index (χ1v) is 10.5. The Morgan fingerprint density at radius 1 is 0.964 bits per heavy atom. The van der Waals surface area contributed by atoms with E-state index in [0.717, 1.165) is 9.58 Å². The van der Waals surface area contributed by atoms with Crippen LogP contribution in [0.4, 0.5) is 0 Å². The van der Waals surface area contributed by atoms with E-state index in [2.05, 4.69) is 0 Å². The number of halogens is 1. The van der Waals surface area contributed by atoms with E-state index < -0.39 is 0 Å². The summed E-state index contributed by atoms with van der Waals surface area (Å²) in [4.78, 5) is 32.6. The molecule has 0 fully saturated rings. The molecule has 5 rings (SSSR count). The molecule has 28 heavy (non-hydrogen) atoms. The molecule has 0 radical (unpaired) electrons. The zero-order chi connectivity index (χ0) is 19.3. The van der Waals surface area contributed by atoms with Crippen molar-refractivity contribution in [1.29, 1.82) is 0 Å². The quantitative estimate of drug-likeness (QED) is 0.361. The molecule has 3 heterocycles. The van der Waals surface area contributed by atoms with Crippen LogP contribution in [0, 0.1) is 0 Å². The van der Waals surface area contributed by atoms with Gasteiger partial charge in [0.05, 0.1) is 10.6 Å². The fourth-order valence-corrected chi connectivity index (χ4v) is 5.11. The Kier molecular flexibility index (Phi) is 4.12. The van der Waals surface area contributed by atoms with Crippen molar-refractivity contribution >= 4 is 54.6 Å². The van der Waals surface area contributed by atoms with Crippen molar-refractivity contribution in [2.75, 3.05) is 0 Å². The summed E-state index contributed by atoms with van der Waals surface area (Å²) < 4.78 is 2.28. The monoisotopic (exact) mass is 422 g/mol. The van der Waals surface area contributed by atoms with Crippen molar-refractivity contribution in [1.82, 2.24) is 9.55 Å². The number of aromatic nitrogens is 2. The maximum atomic E-state index is 13.5. The van der Waals surface area contributed by atoms with Crippen LogP contribution >= 0.6 is 34.3 Å². The minimum absolute atomic E-state index is 0.101. The Labute approximate surface area is 171 Å². The molecule has 0 aliphatic rings. The van der Waals surface area contributed by atoms with Gasteiger partial charge in [0.15, 0.2) is 5.82 Å². The Bertz CT molecular complexity index is 1470. The van der Waals surface area contributed by atoms with Gasteiger partial charge in [0, 0.05) is 15.1 Å². The predicted octanol–water partition coefficient (Wildman–Crippen LogP) is 5.34. The minimum Gasteiger partial charge on any atom is -0.288 e. The summed E-state index contributed by atoms with van der Waals surface area (Å²) in [6, 6.07) is 18.1. The first kappa shape index (κ1) is 17.3. The second-order valence-electron chi connectivity index (χ2n) is 6.14. The lowest BCUT2D eigenvalue weighted by molar-refractivity contribution is 0.982. The maximum Gasteiger partial charge on any atom is 0.271 e. The van der Waals surface area contributed by atoms with E-state index in [1.807, 2.05) is 29.6 Å². The van der Waals surface area contributed by atoms with Crippen LogP contribution in [0.15, 0.2) is 75.6 Å². The fraction of sp³-hybridized carbons (Fsp3) is 0. The van der Waals surface area contributed by atoms with E-state index in [9.17, 15) is 9.59 Å². The first-order valence-electron chi connectivity index (χ1n) is 8.42. The van der Waals surface area contributed by atoms with Gasteiger partial charge >= 0.3 is 0 Å². The summed E-state index contributed by atoms with van der Waals surface area (Å²) in [5, 5.41) is 3.06. The lowest BCUT2D eigenvalue weighted by Crippen LogP contribution is -2.25. The van der Waals surface area contributed by atoms with E-state index in [1.165, 1.54) is 27.2 Å². The second kappa shape index (κ2) is 6.67. The maximum absolute atomic E-state index is 13.5. The smallest absolute Gasteiger partial charge is 0.271 e. The summed E-state index contributed by atoms with van der Waals surface area (Å²) in [7, 11) is 0. The summed E-state index contributed by atoms with van der Waals surface area (Å²) in [6.45, 7) is 0. The van der Waals surface area contributed by atoms with Crippen molar-refractivity contribution < 1.29 is 0 Å². The summed E-state index contributed by atoms with van der Waals surface area (Å²) in [5.41, 5.74) is -0.106. The molecule has 0 atom stereocenters. The topological polar surface area (TPSA) is 52.0 Å². The molecule has 2 aromatic carbocycles. The van der Waals surface area contributed by atoms with Crippen LogP contribution in [0.25, 0.3) is 36.7 Å². The number of rotatable bonds is 2. The predicted molar refractivity (Wildman–Crippen MR) is 117 cm³/mol. The van der Waals surface area contributed by atoms with Gasteiger partial charge in [-0.3, -0.25) is 14.2 Å². The fourth-order valence-electron chi connectivity index (χ4n) is 3.18. The molecular weight excluding hydrogens is 412 g/mol. The van der Waals surface area contributed by atoms with Gasteiger partial charge < -0.3 is 0 Å². The third kappa shape index (κ3) is 2.69. The van der Waals surface area contributed by atoms with E-state index in [4.69, 9.17) is 16.6 Å². The van der Waals surface area contributed by atoms with Crippen molar-refractivity contribution in [3.05, 3.63) is 91.6 Å². The molecule has 0 saturated carbocycles. The van der Waals surface area contributed by atoms with E-state index in [-0.39, 0.29) is 16.4 Å². The van der Waals surface area contributed by atoms with Gasteiger partial charge in [0.25, 0.3) is 5.56 Å². The summed E-state index contributed by atoms with van der Waals surface area (Å²) >= 11 is 9.00. The minimum atomic E-state index is -0.386. The van der Waals surface area contributed by atoms with E-state index >= 15 is 0 Å². The van der Waals surface area contributed by atoms with Gasteiger partial charge in [-0.1, -0.05) is 35.9 Å². The van der Waals surface area contributed by atoms with E-state index in [0.29, 0.717) is 26.8 Å². The number of hydrogen-bond acceptors (Lipinski definition) is 5. The molecule has 0 aliphatic carbocycles. The zero-order valence-corrected chi connectivity index (χ0v) is 16.6. The highest BCUT2D eigenvalue weighted by atomic mass is 35.5. The standard InChI is InChI=1S/C21H11ClN2O2S2/c22-12-5-3-6-13(11-12)24-19(16-9-4-10-27-16)23-20-17(21(24)26)18(25)14-7-1-2-8-15(14)28-20/h1-11H. The van der Waals surface area contributed by atoms with Crippen molar-refractivity contribution in [3.63, 3.8) is 0 Å². The van der Waals surface area contributed by atoms with Crippen molar-refractivity contribution in [2.45, 2.75) is 0 Å². The second-order valence-corrected chi connectivity index (χ2v) is 8.56. The highest BCUT2D eigenvalue weighted by molar-refractivity contribution is 7.24. The van der Waals surface area contributed by atoms with Crippen LogP contribution in [0.2, 0.25) is 5.02 Å². The molecular formula is C21H11ClN2O2S2. The van der Waals surface area contributed by atoms with E-state index in [1.54, 1.807) is 36.4 Å². The van der Waals surface area contributed by atoms with Gasteiger partial charge in [0.2, 0.25) is 5.43 Å². The normalized spacial score (nSPS) is 11.3. The molecule has 5 aromatic rings. The summed E-state index contributed by atoms with van der Waals surface area (Å²) in [5.74, 6) is 0.501. The molecule has 0 amide bonds. The Morgan fingerprint density at radius 3 is 2.61 bits per heavy atom. The van der Waals surface area contributed by atoms with Crippen molar-refractivity contribution in [3.8, 4) is 16.4 Å². The van der Waals surface area contributed by atoms with Crippen LogP contribution in [0.5, 0.6) is 0 Å². The Hall–Kier alpha value is -2.80. The molecule has 0 unspecified atom stereocenters. The molecule has 0 saturated heterocycles. The average Bonchev–Trinajstić information content (AvgIpc) is 3.22. The number of thiophene rings is 1. The molecule has 136 valence electrons. The number of hydrogen-bond donors (Lipinski definition) is 0.